The summed E-state index contributed by atoms with van der Waals surface area (Å²) < 4.78 is 31.7. The van der Waals surface area contributed by atoms with Crippen molar-refractivity contribution in [2.24, 2.45) is 0 Å². The van der Waals surface area contributed by atoms with E-state index in [1.807, 2.05) is 30.3 Å². The number of benzene rings is 2. The van der Waals surface area contributed by atoms with Gasteiger partial charge in [-0.25, -0.2) is 13.2 Å². The van der Waals surface area contributed by atoms with Crippen molar-refractivity contribution in [2.45, 2.75) is 11.4 Å². The number of ether oxygens (including phenoxy) is 1. The van der Waals surface area contributed by atoms with Crippen molar-refractivity contribution in [3.05, 3.63) is 59.7 Å². The number of methoxy groups -OCH3 is 1. The van der Waals surface area contributed by atoms with Crippen LogP contribution in [-0.4, -0.2) is 38.0 Å². The number of rotatable bonds is 6. The van der Waals surface area contributed by atoms with Crippen LogP contribution in [0.3, 0.4) is 0 Å². The molecule has 2 aromatic rings. The SMILES string of the molecule is COc1ccc(C(=O)O)cc1S(=O)(=O)N(C)Cc1ccccc1. The molecule has 0 atom stereocenters. The zero-order chi connectivity index (χ0) is 17.0. The van der Waals surface area contributed by atoms with Gasteiger partial charge in [0.25, 0.3) is 0 Å². The fourth-order valence-corrected chi connectivity index (χ4v) is 3.44. The van der Waals surface area contributed by atoms with Crippen LogP contribution in [-0.2, 0) is 16.6 Å². The number of carbonyl (C=O) groups is 1. The van der Waals surface area contributed by atoms with E-state index < -0.39 is 16.0 Å². The Hall–Kier alpha value is -2.38. The molecule has 0 radical (unpaired) electrons. The lowest BCUT2D eigenvalue weighted by Crippen LogP contribution is -2.27. The predicted octanol–water partition coefficient (Wildman–Crippen LogP) is 2.21. The molecule has 1 N–H and O–H groups in total. The molecule has 0 aliphatic carbocycles. The molecule has 0 aromatic heterocycles. The highest BCUT2D eigenvalue weighted by molar-refractivity contribution is 7.89. The quantitative estimate of drug-likeness (QED) is 0.875. The second-order valence-corrected chi connectivity index (χ2v) is 6.93. The van der Waals surface area contributed by atoms with E-state index in [-0.39, 0.29) is 22.8 Å². The van der Waals surface area contributed by atoms with Crippen molar-refractivity contribution in [3.8, 4) is 5.75 Å². The van der Waals surface area contributed by atoms with Gasteiger partial charge < -0.3 is 9.84 Å². The average molecular weight is 335 g/mol. The van der Waals surface area contributed by atoms with E-state index in [1.165, 1.54) is 26.3 Å². The zero-order valence-electron chi connectivity index (χ0n) is 12.8. The van der Waals surface area contributed by atoms with E-state index >= 15 is 0 Å². The van der Waals surface area contributed by atoms with Gasteiger partial charge in [-0.05, 0) is 23.8 Å². The molecule has 0 spiro atoms. The van der Waals surface area contributed by atoms with Gasteiger partial charge in [-0.15, -0.1) is 0 Å². The van der Waals surface area contributed by atoms with Crippen molar-refractivity contribution >= 4 is 16.0 Å². The van der Waals surface area contributed by atoms with Crippen LogP contribution >= 0.6 is 0 Å². The maximum absolute atomic E-state index is 12.7. The third-order valence-electron chi connectivity index (χ3n) is 3.35. The molecule has 0 amide bonds. The summed E-state index contributed by atoms with van der Waals surface area (Å²) in [5.41, 5.74) is 0.712. The number of hydrogen-bond donors (Lipinski definition) is 1. The van der Waals surface area contributed by atoms with Crippen LogP contribution < -0.4 is 4.74 Å². The highest BCUT2D eigenvalue weighted by Crippen LogP contribution is 2.28. The van der Waals surface area contributed by atoms with Gasteiger partial charge in [-0.1, -0.05) is 30.3 Å². The molecule has 0 aliphatic rings. The average Bonchev–Trinajstić information content (AvgIpc) is 2.55. The first kappa shape index (κ1) is 17.0. The maximum Gasteiger partial charge on any atom is 0.335 e. The summed E-state index contributed by atoms with van der Waals surface area (Å²) in [6.45, 7) is 0.170. The van der Waals surface area contributed by atoms with E-state index in [9.17, 15) is 13.2 Å². The van der Waals surface area contributed by atoms with E-state index in [0.717, 1.165) is 15.9 Å². The topological polar surface area (TPSA) is 83.9 Å². The van der Waals surface area contributed by atoms with E-state index in [0.29, 0.717) is 0 Å². The van der Waals surface area contributed by atoms with E-state index in [1.54, 1.807) is 0 Å². The monoisotopic (exact) mass is 335 g/mol. The number of aromatic carboxylic acids is 1. The standard InChI is InChI=1S/C16H17NO5S/c1-17(11-12-6-4-3-5-7-12)23(20,21)15-10-13(16(18)19)8-9-14(15)22-2/h3-10H,11H2,1-2H3,(H,18,19). The lowest BCUT2D eigenvalue weighted by atomic mass is 10.2. The van der Waals surface area contributed by atoms with Crippen LogP contribution in [0.2, 0.25) is 0 Å². The zero-order valence-corrected chi connectivity index (χ0v) is 13.6. The molecule has 7 heteroatoms. The Morgan fingerprint density at radius 2 is 1.83 bits per heavy atom. The highest BCUT2D eigenvalue weighted by atomic mass is 32.2. The lowest BCUT2D eigenvalue weighted by Gasteiger charge is -2.19. The van der Waals surface area contributed by atoms with Crippen molar-refractivity contribution in [3.63, 3.8) is 0 Å². The number of carboxylic acid groups (broad SMARTS) is 1. The van der Waals surface area contributed by atoms with E-state index in [2.05, 4.69) is 0 Å². The van der Waals surface area contributed by atoms with Crippen LogP contribution in [0, 0.1) is 0 Å². The van der Waals surface area contributed by atoms with Gasteiger partial charge in [0.15, 0.2) is 0 Å². The summed E-state index contributed by atoms with van der Waals surface area (Å²) in [5, 5.41) is 9.06. The van der Waals surface area contributed by atoms with Gasteiger partial charge in [0.2, 0.25) is 10.0 Å². The molecular weight excluding hydrogens is 318 g/mol. The minimum absolute atomic E-state index is 0.106. The maximum atomic E-state index is 12.7. The summed E-state index contributed by atoms with van der Waals surface area (Å²) in [7, 11) is -1.11. The lowest BCUT2D eigenvalue weighted by molar-refractivity contribution is 0.0696. The normalized spacial score (nSPS) is 11.4. The molecule has 2 rings (SSSR count). The van der Waals surface area contributed by atoms with Crippen molar-refractivity contribution < 1.29 is 23.1 Å². The Bertz CT molecular complexity index is 802. The molecule has 6 nitrogen and oxygen atoms in total. The van der Waals surface area contributed by atoms with Gasteiger partial charge >= 0.3 is 5.97 Å². The van der Waals surface area contributed by atoms with Gasteiger partial charge in [-0.2, -0.15) is 4.31 Å². The summed E-state index contributed by atoms with van der Waals surface area (Å²) in [6, 6.07) is 12.9. The van der Waals surface area contributed by atoms with Crippen LogP contribution in [0.5, 0.6) is 5.75 Å². The first-order chi connectivity index (χ1) is 10.9. The molecule has 2 aromatic carbocycles. The molecule has 0 fully saturated rings. The van der Waals surface area contributed by atoms with Crippen molar-refractivity contribution in [2.75, 3.05) is 14.2 Å². The highest BCUT2D eigenvalue weighted by Gasteiger charge is 2.26. The second kappa shape index (κ2) is 6.80. The Balaban J connectivity index is 2.41. The molecule has 122 valence electrons. The van der Waals surface area contributed by atoms with Crippen molar-refractivity contribution in [1.82, 2.24) is 4.31 Å². The molecule has 0 heterocycles. The van der Waals surface area contributed by atoms with Gasteiger partial charge in [-0.3, -0.25) is 0 Å². The Morgan fingerprint density at radius 1 is 1.17 bits per heavy atom. The number of sulfonamides is 1. The summed E-state index contributed by atoms with van der Waals surface area (Å²) in [5.74, 6) is -1.09. The first-order valence-electron chi connectivity index (χ1n) is 6.78. The van der Waals surface area contributed by atoms with Crippen LogP contribution in [0.15, 0.2) is 53.4 Å². The van der Waals surface area contributed by atoms with Gasteiger partial charge in [0.1, 0.15) is 10.6 Å². The Kier molecular flexibility index (Phi) is 5.02. The van der Waals surface area contributed by atoms with E-state index in [4.69, 9.17) is 9.84 Å². The molecule has 0 aliphatic heterocycles. The molecule has 0 unspecified atom stereocenters. The minimum atomic E-state index is -3.89. The van der Waals surface area contributed by atoms with Crippen LogP contribution in [0.25, 0.3) is 0 Å². The third-order valence-corrected chi connectivity index (χ3v) is 5.17. The second-order valence-electron chi connectivity index (χ2n) is 4.92. The number of carboxylic acids is 1. The molecule has 0 bridgehead atoms. The summed E-state index contributed by atoms with van der Waals surface area (Å²) >= 11 is 0. The third kappa shape index (κ3) is 3.69. The van der Waals surface area contributed by atoms with Crippen molar-refractivity contribution in [1.29, 1.82) is 0 Å². The largest absolute Gasteiger partial charge is 0.495 e. The summed E-state index contributed by atoms with van der Waals surface area (Å²) in [4.78, 5) is 10.9. The van der Waals surface area contributed by atoms with Gasteiger partial charge in [0.05, 0.1) is 12.7 Å². The molecule has 0 saturated carbocycles. The molecular formula is C16H17NO5S. The summed E-state index contributed by atoms with van der Waals surface area (Å²) in [6.07, 6.45) is 0. The van der Waals surface area contributed by atoms with Crippen LogP contribution in [0.1, 0.15) is 15.9 Å². The minimum Gasteiger partial charge on any atom is -0.495 e. The first-order valence-corrected chi connectivity index (χ1v) is 8.22. The molecule has 0 saturated heterocycles. The number of nitrogens with zero attached hydrogens (tertiary/aromatic N) is 1. The fourth-order valence-electron chi connectivity index (χ4n) is 2.10. The Morgan fingerprint density at radius 3 is 2.39 bits per heavy atom. The molecule has 23 heavy (non-hydrogen) atoms. The smallest absolute Gasteiger partial charge is 0.335 e. The number of hydrogen-bond acceptors (Lipinski definition) is 4. The Labute approximate surface area is 135 Å². The van der Waals surface area contributed by atoms with Gasteiger partial charge in [0, 0.05) is 13.6 Å². The predicted molar refractivity (Wildman–Crippen MR) is 85.0 cm³/mol. The van der Waals surface area contributed by atoms with Crippen LogP contribution in [0.4, 0.5) is 0 Å². The fraction of sp³-hybridized carbons (Fsp3) is 0.188.